The molecule has 1 N–H and O–H groups in total. The first kappa shape index (κ1) is 17.1. The molecule has 0 radical (unpaired) electrons. The lowest BCUT2D eigenvalue weighted by Crippen LogP contribution is -2.17. The third-order valence-corrected chi connectivity index (χ3v) is 3.82. The Hall–Kier alpha value is -2.30. The van der Waals surface area contributed by atoms with Gasteiger partial charge in [-0.15, -0.1) is 0 Å². The molecule has 0 atom stereocenters. The lowest BCUT2D eigenvalue weighted by Gasteiger charge is -2.11. The lowest BCUT2D eigenvalue weighted by molar-refractivity contribution is 0.0953. The van der Waals surface area contributed by atoms with Gasteiger partial charge in [-0.1, -0.05) is 13.8 Å². The maximum atomic E-state index is 12.1. The van der Waals surface area contributed by atoms with Crippen molar-refractivity contribution in [3.05, 3.63) is 46.2 Å². The second kappa shape index (κ2) is 6.86. The molecule has 0 aromatic carbocycles. The molecule has 2 aromatic rings. The fraction of sp³-hybridized carbons (Fsp3) is 0.444. The van der Waals surface area contributed by atoms with Crippen molar-refractivity contribution in [2.24, 2.45) is 11.0 Å². The van der Waals surface area contributed by atoms with Crippen LogP contribution in [0.2, 0.25) is 0 Å². The van der Waals surface area contributed by atoms with Gasteiger partial charge in [-0.2, -0.15) is 5.10 Å². The third-order valence-electron chi connectivity index (χ3n) is 3.82. The van der Waals surface area contributed by atoms with Crippen LogP contribution in [0.15, 0.2) is 21.7 Å². The number of hydrazone groups is 1. The summed E-state index contributed by atoms with van der Waals surface area (Å²) in [4.78, 5) is 12.1. The van der Waals surface area contributed by atoms with Gasteiger partial charge in [0, 0.05) is 23.5 Å². The number of nitrogens with one attached hydrogen (secondary N) is 1. The van der Waals surface area contributed by atoms with Crippen molar-refractivity contribution in [1.82, 2.24) is 9.99 Å². The highest BCUT2D eigenvalue weighted by Crippen LogP contribution is 2.16. The van der Waals surface area contributed by atoms with Crippen LogP contribution in [-0.2, 0) is 6.54 Å². The van der Waals surface area contributed by atoms with E-state index in [1.165, 1.54) is 5.69 Å². The van der Waals surface area contributed by atoms with Gasteiger partial charge in [0.1, 0.15) is 11.5 Å². The number of rotatable bonds is 5. The Labute approximate surface area is 137 Å². The quantitative estimate of drug-likeness (QED) is 0.675. The highest BCUT2D eigenvalue weighted by atomic mass is 16.3. The zero-order valence-electron chi connectivity index (χ0n) is 14.7. The molecule has 0 saturated heterocycles. The van der Waals surface area contributed by atoms with Gasteiger partial charge >= 0.3 is 0 Å². The highest BCUT2D eigenvalue weighted by Gasteiger charge is 2.13. The fourth-order valence-corrected chi connectivity index (χ4v) is 2.68. The van der Waals surface area contributed by atoms with E-state index in [-0.39, 0.29) is 5.91 Å². The van der Waals surface area contributed by atoms with Gasteiger partial charge < -0.3 is 8.98 Å². The number of carbonyl (C=O) groups is 1. The number of hydrogen-bond acceptors (Lipinski definition) is 3. The molecule has 2 heterocycles. The van der Waals surface area contributed by atoms with Gasteiger partial charge in [0.2, 0.25) is 0 Å². The second-order valence-corrected chi connectivity index (χ2v) is 6.36. The van der Waals surface area contributed by atoms with Crippen molar-refractivity contribution in [3.63, 3.8) is 0 Å². The van der Waals surface area contributed by atoms with Crippen LogP contribution >= 0.6 is 0 Å². The minimum Gasteiger partial charge on any atom is -0.466 e. The molecule has 0 aliphatic carbocycles. The molecule has 0 spiro atoms. The highest BCUT2D eigenvalue weighted by molar-refractivity contribution is 5.96. The second-order valence-electron chi connectivity index (χ2n) is 6.36. The zero-order valence-corrected chi connectivity index (χ0v) is 14.7. The van der Waals surface area contributed by atoms with Crippen molar-refractivity contribution in [1.29, 1.82) is 0 Å². The van der Waals surface area contributed by atoms with E-state index in [1.807, 2.05) is 6.92 Å². The van der Waals surface area contributed by atoms with Gasteiger partial charge in [-0.25, -0.2) is 5.43 Å². The van der Waals surface area contributed by atoms with Gasteiger partial charge in [0.15, 0.2) is 0 Å². The number of nitrogens with zero attached hydrogens (tertiary/aromatic N) is 2. The van der Waals surface area contributed by atoms with E-state index in [9.17, 15) is 4.79 Å². The lowest BCUT2D eigenvalue weighted by atomic mass is 10.2. The Balaban J connectivity index is 2.09. The predicted molar refractivity (Wildman–Crippen MR) is 92.0 cm³/mol. The SMILES string of the molecule is Cc1cc(C(=O)N/N=C/c2cc(C)n(CC(C)C)c2C)c(C)o1. The number of aryl methyl sites for hydroxylation is 3. The van der Waals surface area contributed by atoms with Crippen molar-refractivity contribution in [2.45, 2.75) is 48.1 Å². The van der Waals surface area contributed by atoms with E-state index in [1.54, 1.807) is 19.2 Å². The predicted octanol–water partition coefficient (Wildman–Crippen LogP) is 3.73. The molecule has 0 saturated carbocycles. The average Bonchev–Trinajstić information content (AvgIpc) is 2.92. The molecule has 0 aliphatic heterocycles. The largest absolute Gasteiger partial charge is 0.466 e. The number of aromatic nitrogens is 1. The summed E-state index contributed by atoms with van der Waals surface area (Å²) in [7, 11) is 0. The van der Waals surface area contributed by atoms with Crippen LogP contribution < -0.4 is 5.43 Å². The molecule has 23 heavy (non-hydrogen) atoms. The first-order chi connectivity index (χ1) is 10.8. The summed E-state index contributed by atoms with van der Waals surface area (Å²) in [6.45, 7) is 13.1. The monoisotopic (exact) mass is 315 g/mol. The van der Waals surface area contributed by atoms with Crippen molar-refractivity contribution >= 4 is 12.1 Å². The van der Waals surface area contributed by atoms with Gasteiger partial charge in [-0.05, 0) is 45.7 Å². The van der Waals surface area contributed by atoms with Crippen LogP contribution in [0.25, 0.3) is 0 Å². The summed E-state index contributed by atoms with van der Waals surface area (Å²) in [5.41, 5.74) is 6.45. The van der Waals surface area contributed by atoms with E-state index in [0.29, 0.717) is 23.0 Å². The van der Waals surface area contributed by atoms with Gasteiger partial charge in [0.25, 0.3) is 5.91 Å². The molecule has 5 heteroatoms. The average molecular weight is 315 g/mol. The molecule has 124 valence electrons. The summed E-state index contributed by atoms with van der Waals surface area (Å²) in [5, 5.41) is 4.08. The van der Waals surface area contributed by atoms with Crippen LogP contribution in [0.3, 0.4) is 0 Å². The first-order valence-electron chi connectivity index (χ1n) is 7.86. The molecule has 0 unspecified atom stereocenters. The number of hydrogen-bond donors (Lipinski definition) is 1. The molecule has 0 aliphatic rings. The van der Waals surface area contributed by atoms with E-state index in [0.717, 1.165) is 17.8 Å². The Morgan fingerprint density at radius 3 is 2.57 bits per heavy atom. The van der Waals surface area contributed by atoms with E-state index >= 15 is 0 Å². The number of carbonyl (C=O) groups excluding carboxylic acids is 1. The molecule has 2 aromatic heterocycles. The molecule has 0 fully saturated rings. The summed E-state index contributed by atoms with van der Waals surface area (Å²) in [6, 6.07) is 3.80. The van der Waals surface area contributed by atoms with Crippen LogP contribution in [-0.4, -0.2) is 16.7 Å². The standard InChI is InChI=1S/C18H25N3O2/c1-11(2)10-21-12(3)7-16(14(21)5)9-19-20-18(22)17-8-13(4)23-15(17)6/h7-9,11H,10H2,1-6H3,(H,20,22)/b19-9+. The molecular formula is C18H25N3O2. The number of amides is 1. The Bertz CT molecular complexity index is 736. The number of furan rings is 1. The summed E-state index contributed by atoms with van der Waals surface area (Å²) < 4.78 is 7.63. The maximum Gasteiger partial charge on any atom is 0.274 e. The summed E-state index contributed by atoms with van der Waals surface area (Å²) in [6.07, 6.45) is 1.69. The van der Waals surface area contributed by atoms with E-state index < -0.39 is 0 Å². The van der Waals surface area contributed by atoms with Crippen molar-refractivity contribution in [2.75, 3.05) is 0 Å². The van der Waals surface area contributed by atoms with Crippen LogP contribution in [0, 0.1) is 33.6 Å². The van der Waals surface area contributed by atoms with Gasteiger partial charge in [-0.3, -0.25) is 4.79 Å². The zero-order chi connectivity index (χ0) is 17.1. The molecule has 0 bridgehead atoms. The molecule has 5 nitrogen and oxygen atoms in total. The van der Waals surface area contributed by atoms with Crippen molar-refractivity contribution in [3.8, 4) is 0 Å². The smallest absolute Gasteiger partial charge is 0.274 e. The van der Waals surface area contributed by atoms with Crippen LogP contribution in [0.4, 0.5) is 0 Å². The topological polar surface area (TPSA) is 59.5 Å². The first-order valence-corrected chi connectivity index (χ1v) is 7.86. The van der Waals surface area contributed by atoms with Crippen molar-refractivity contribution < 1.29 is 9.21 Å². The molecular weight excluding hydrogens is 290 g/mol. The van der Waals surface area contributed by atoms with E-state index in [4.69, 9.17) is 4.42 Å². The minimum absolute atomic E-state index is 0.258. The fourth-order valence-electron chi connectivity index (χ4n) is 2.68. The van der Waals surface area contributed by atoms with Gasteiger partial charge in [0.05, 0.1) is 11.8 Å². The molecule has 1 amide bonds. The van der Waals surface area contributed by atoms with Crippen LogP contribution in [0.5, 0.6) is 0 Å². The third kappa shape index (κ3) is 3.92. The van der Waals surface area contributed by atoms with E-state index in [2.05, 4.69) is 48.9 Å². The minimum atomic E-state index is -0.258. The Morgan fingerprint density at radius 2 is 2.00 bits per heavy atom. The summed E-state index contributed by atoms with van der Waals surface area (Å²) >= 11 is 0. The normalized spacial score (nSPS) is 11.6. The Morgan fingerprint density at radius 1 is 1.30 bits per heavy atom. The molecule has 2 rings (SSSR count). The maximum absolute atomic E-state index is 12.1. The van der Waals surface area contributed by atoms with Crippen LogP contribution in [0.1, 0.15) is 52.7 Å². The summed E-state index contributed by atoms with van der Waals surface area (Å²) in [5.74, 6) is 1.64. The Kier molecular flexibility index (Phi) is 5.08.